The average molecular weight is 195 g/mol. The second-order valence-electron chi connectivity index (χ2n) is 4.17. The van der Waals surface area contributed by atoms with Crippen LogP contribution < -0.4 is 5.32 Å². The molecule has 0 saturated carbocycles. The minimum atomic E-state index is -0.224. The van der Waals surface area contributed by atoms with Gasteiger partial charge in [0.05, 0.1) is 5.54 Å². The fraction of sp³-hybridized carbons (Fsp3) is 0.750. The maximum absolute atomic E-state index is 12.0. The third kappa shape index (κ3) is 2.24. The van der Waals surface area contributed by atoms with E-state index < -0.39 is 0 Å². The van der Waals surface area contributed by atoms with Crippen molar-refractivity contribution in [1.82, 2.24) is 5.32 Å². The summed E-state index contributed by atoms with van der Waals surface area (Å²) < 4.78 is 0. The van der Waals surface area contributed by atoms with Crippen molar-refractivity contribution in [2.75, 3.05) is 6.54 Å². The lowest BCUT2D eigenvalue weighted by Crippen LogP contribution is -2.47. The van der Waals surface area contributed by atoms with Gasteiger partial charge < -0.3 is 5.32 Å². The molecule has 1 fully saturated rings. The average Bonchev–Trinajstić information content (AvgIpc) is 2.67. The van der Waals surface area contributed by atoms with E-state index in [9.17, 15) is 4.79 Å². The van der Waals surface area contributed by atoms with Crippen molar-refractivity contribution in [3.8, 4) is 0 Å². The van der Waals surface area contributed by atoms with Gasteiger partial charge in [-0.25, -0.2) is 0 Å². The third-order valence-corrected chi connectivity index (χ3v) is 3.29. The van der Waals surface area contributed by atoms with Gasteiger partial charge in [0.2, 0.25) is 0 Å². The van der Waals surface area contributed by atoms with Crippen LogP contribution in [0.5, 0.6) is 0 Å². The van der Waals surface area contributed by atoms with Gasteiger partial charge in [0, 0.05) is 6.42 Å². The fourth-order valence-electron chi connectivity index (χ4n) is 2.06. The summed E-state index contributed by atoms with van der Waals surface area (Å²) in [6.07, 6.45) is 4.49. The molecule has 14 heavy (non-hydrogen) atoms. The predicted molar refractivity (Wildman–Crippen MR) is 59.3 cm³/mol. The Morgan fingerprint density at radius 2 is 2.21 bits per heavy atom. The first-order valence-corrected chi connectivity index (χ1v) is 5.59. The molecule has 1 unspecified atom stereocenters. The van der Waals surface area contributed by atoms with Crippen molar-refractivity contribution in [2.45, 2.75) is 51.5 Å². The number of carbonyl (C=O) groups excluding carboxylic acids is 1. The van der Waals surface area contributed by atoms with Crippen molar-refractivity contribution in [3.63, 3.8) is 0 Å². The lowest BCUT2D eigenvalue weighted by atomic mass is 9.86. The van der Waals surface area contributed by atoms with Crippen LogP contribution in [0.3, 0.4) is 0 Å². The van der Waals surface area contributed by atoms with E-state index in [4.69, 9.17) is 0 Å². The van der Waals surface area contributed by atoms with Crippen LogP contribution in [0.4, 0.5) is 0 Å². The Morgan fingerprint density at radius 1 is 1.50 bits per heavy atom. The first-order chi connectivity index (χ1) is 6.64. The van der Waals surface area contributed by atoms with Crippen LogP contribution in [0, 0.1) is 0 Å². The fourth-order valence-corrected chi connectivity index (χ4v) is 2.06. The Morgan fingerprint density at radius 3 is 2.64 bits per heavy atom. The quantitative estimate of drug-likeness (QED) is 0.683. The first-order valence-electron chi connectivity index (χ1n) is 5.59. The number of carbonyl (C=O) groups is 1. The highest BCUT2D eigenvalue weighted by Crippen LogP contribution is 2.26. The molecule has 1 atom stereocenters. The van der Waals surface area contributed by atoms with Gasteiger partial charge in [-0.3, -0.25) is 4.79 Å². The van der Waals surface area contributed by atoms with Gasteiger partial charge in [-0.15, -0.1) is 0 Å². The number of ketones is 1. The zero-order chi connectivity index (χ0) is 10.6. The second kappa shape index (κ2) is 4.74. The van der Waals surface area contributed by atoms with Crippen LogP contribution in [0.25, 0.3) is 0 Å². The topological polar surface area (TPSA) is 29.1 Å². The van der Waals surface area contributed by atoms with Gasteiger partial charge in [-0.2, -0.15) is 0 Å². The Labute approximate surface area is 86.8 Å². The van der Waals surface area contributed by atoms with Gasteiger partial charge in [-0.05, 0) is 32.2 Å². The van der Waals surface area contributed by atoms with E-state index >= 15 is 0 Å². The Balaban J connectivity index is 2.60. The number of allylic oxidation sites excluding steroid dienone is 1. The Bertz CT molecular complexity index is 226. The van der Waals surface area contributed by atoms with Gasteiger partial charge in [-0.1, -0.05) is 26.0 Å². The number of hydrogen-bond donors (Lipinski definition) is 1. The normalized spacial score (nSPS) is 26.4. The minimum Gasteiger partial charge on any atom is -0.305 e. The lowest BCUT2D eigenvalue weighted by molar-refractivity contribution is -0.124. The highest BCUT2D eigenvalue weighted by molar-refractivity contribution is 5.90. The molecule has 0 aliphatic carbocycles. The Hall–Kier alpha value is -0.630. The molecule has 0 aromatic carbocycles. The third-order valence-electron chi connectivity index (χ3n) is 3.29. The molecule has 2 heteroatoms. The minimum absolute atomic E-state index is 0.224. The summed E-state index contributed by atoms with van der Waals surface area (Å²) in [6.45, 7) is 9.03. The van der Waals surface area contributed by atoms with E-state index in [1.807, 2.05) is 0 Å². The van der Waals surface area contributed by atoms with Crippen molar-refractivity contribution in [3.05, 3.63) is 12.2 Å². The first kappa shape index (κ1) is 11.4. The zero-order valence-corrected chi connectivity index (χ0v) is 9.36. The summed E-state index contributed by atoms with van der Waals surface area (Å²) >= 11 is 0. The Kier molecular flexibility index (Phi) is 3.87. The van der Waals surface area contributed by atoms with E-state index in [1.54, 1.807) is 0 Å². The monoisotopic (exact) mass is 195 g/mol. The van der Waals surface area contributed by atoms with Crippen molar-refractivity contribution < 1.29 is 4.79 Å². The summed E-state index contributed by atoms with van der Waals surface area (Å²) in [5, 5.41) is 3.36. The molecule has 0 bridgehead atoms. The van der Waals surface area contributed by atoms with Crippen LogP contribution in [0.2, 0.25) is 0 Å². The summed E-state index contributed by atoms with van der Waals surface area (Å²) in [4.78, 5) is 12.0. The number of hydrogen-bond acceptors (Lipinski definition) is 2. The molecule has 1 rings (SSSR count). The van der Waals surface area contributed by atoms with Crippen molar-refractivity contribution in [1.29, 1.82) is 0 Å². The highest BCUT2D eigenvalue weighted by atomic mass is 16.1. The van der Waals surface area contributed by atoms with E-state index in [-0.39, 0.29) is 5.54 Å². The SMILES string of the molecule is C=C(CC)CC(=O)C1(CC)CCCN1. The smallest absolute Gasteiger partial charge is 0.156 e. The van der Waals surface area contributed by atoms with E-state index in [0.29, 0.717) is 12.2 Å². The largest absolute Gasteiger partial charge is 0.305 e. The van der Waals surface area contributed by atoms with Crippen LogP contribution in [0.15, 0.2) is 12.2 Å². The highest BCUT2D eigenvalue weighted by Gasteiger charge is 2.38. The molecule has 80 valence electrons. The van der Waals surface area contributed by atoms with Gasteiger partial charge in [0.15, 0.2) is 5.78 Å². The number of Topliss-reactive ketones (excluding diaryl/α,β-unsaturated/α-hetero) is 1. The maximum Gasteiger partial charge on any atom is 0.156 e. The molecular weight excluding hydrogens is 174 g/mol. The molecule has 1 heterocycles. The van der Waals surface area contributed by atoms with Crippen LogP contribution in [-0.4, -0.2) is 17.9 Å². The van der Waals surface area contributed by atoms with Gasteiger partial charge >= 0.3 is 0 Å². The van der Waals surface area contributed by atoms with Gasteiger partial charge in [0.1, 0.15) is 0 Å². The maximum atomic E-state index is 12.0. The molecule has 1 N–H and O–H groups in total. The molecule has 0 aromatic rings. The lowest BCUT2D eigenvalue weighted by Gasteiger charge is -2.26. The van der Waals surface area contributed by atoms with Gasteiger partial charge in [0.25, 0.3) is 0 Å². The van der Waals surface area contributed by atoms with Crippen LogP contribution >= 0.6 is 0 Å². The number of nitrogens with one attached hydrogen (secondary N) is 1. The molecular formula is C12H21NO. The zero-order valence-electron chi connectivity index (χ0n) is 9.36. The van der Waals surface area contributed by atoms with Crippen LogP contribution in [0.1, 0.15) is 46.0 Å². The standard InChI is InChI=1S/C12H21NO/c1-4-10(3)9-11(14)12(5-2)7-6-8-13-12/h13H,3-9H2,1-2H3. The van der Waals surface area contributed by atoms with Crippen molar-refractivity contribution >= 4 is 5.78 Å². The van der Waals surface area contributed by atoms with E-state index in [0.717, 1.165) is 37.8 Å². The molecule has 1 aliphatic heterocycles. The molecule has 1 saturated heterocycles. The van der Waals surface area contributed by atoms with E-state index in [2.05, 4.69) is 25.7 Å². The van der Waals surface area contributed by atoms with E-state index in [1.165, 1.54) is 0 Å². The number of rotatable bonds is 5. The van der Waals surface area contributed by atoms with Crippen LogP contribution in [-0.2, 0) is 4.79 Å². The molecule has 0 amide bonds. The molecule has 0 aromatic heterocycles. The second-order valence-corrected chi connectivity index (χ2v) is 4.17. The summed E-state index contributed by atoms with van der Waals surface area (Å²) in [5.41, 5.74) is 0.828. The summed E-state index contributed by atoms with van der Waals surface area (Å²) in [5.74, 6) is 0.337. The predicted octanol–water partition coefficient (Wildman–Crippen LogP) is 2.44. The summed E-state index contributed by atoms with van der Waals surface area (Å²) in [6, 6.07) is 0. The summed E-state index contributed by atoms with van der Waals surface area (Å²) in [7, 11) is 0. The molecule has 2 nitrogen and oxygen atoms in total. The molecule has 0 spiro atoms. The molecule has 1 aliphatic rings. The van der Waals surface area contributed by atoms with Crippen molar-refractivity contribution in [2.24, 2.45) is 0 Å². The molecule has 0 radical (unpaired) electrons.